The largest absolute Gasteiger partial charge is 0.436 e. The van der Waals surface area contributed by atoms with Crippen molar-refractivity contribution in [3.05, 3.63) is 0 Å². The molecule has 17 heavy (non-hydrogen) atoms. The van der Waals surface area contributed by atoms with Crippen LogP contribution in [0.2, 0.25) is 0 Å². The molecule has 3 fully saturated rings. The fourth-order valence-corrected chi connectivity index (χ4v) is 3.87. The molecule has 0 amide bonds. The van der Waals surface area contributed by atoms with Crippen LogP contribution in [0.15, 0.2) is 0 Å². The van der Waals surface area contributed by atoms with Crippen molar-refractivity contribution < 1.29 is 14.3 Å². The molecule has 0 aromatic rings. The quantitative estimate of drug-likeness (QED) is 0.694. The van der Waals surface area contributed by atoms with Crippen molar-refractivity contribution in [3.63, 3.8) is 0 Å². The van der Waals surface area contributed by atoms with Gasteiger partial charge in [-0.25, -0.2) is 0 Å². The molecule has 3 heteroatoms. The maximum absolute atomic E-state index is 12.1. The Morgan fingerprint density at radius 3 is 2.65 bits per heavy atom. The lowest BCUT2D eigenvalue weighted by atomic mass is 9.83. The summed E-state index contributed by atoms with van der Waals surface area (Å²) in [6.07, 6.45) is 6.35. The Morgan fingerprint density at radius 1 is 1.18 bits per heavy atom. The number of carbonyl (C=O) groups is 1. The van der Waals surface area contributed by atoms with E-state index in [4.69, 9.17) is 9.47 Å². The van der Waals surface area contributed by atoms with Gasteiger partial charge in [0.2, 0.25) is 6.29 Å². The smallest absolute Gasteiger partial charge is 0.311 e. The molecule has 0 aromatic heterocycles. The highest BCUT2D eigenvalue weighted by molar-refractivity contribution is 5.73. The third kappa shape index (κ3) is 2.22. The number of esters is 1. The van der Waals surface area contributed by atoms with E-state index in [1.807, 2.05) is 0 Å². The van der Waals surface area contributed by atoms with Crippen molar-refractivity contribution in [2.45, 2.75) is 51.7 Å². The summed E-state index contributed by atoms with van der Waals surface area (Å²) in [5, 5.41) is 0. The number of carbonyl (C=O) groups excluding carboxylic acids is 1. The number of rotatable bonds is 2. The average Bonchev–Trinajstić information content (AvgIpc) is 2.89. The van der Waals surface area contributed by atoms with E-state index in [1.165, 1.54) is 12.8 Å². The second-order valence-corrected chi connectivity index (χ2v) is 6.04. The Bertz CT molecular complexity index is 294. The molecular formula is C14H22O3. The third-order valence-electron chi connectivity index (χ3n) is 4.90. The summed E-state index contributed by atoms with van der Waals surface area (Å²) < 4.78 is 11.0. The Kier molecular flexibility index (Phi) is 3.12. The average molecular weight is 238 g/mol. The molecule has 5 unspecified atom stereocenters. The van der Waals surface area contributed by atoms with Gasteiger partial charge in [0.1, 0.15) is 0 Å². The molecule has 0 radical (unpaired) electrons. The maximum Gasteiger partial charge on any atom is 0.311 e. The molecule has 3 aliphatic rings. The van der Waals surface area contributed by atoms with Gasteiger partial charge < -0.3 is 9.47 Å². The molecule has 2 aliphatic carbocycles. The zero-order chi connectivity index (χ0) is 11.8. The van der Waals surface area contributed by atoms with Crippen LogP contribution in [-0.4, -0.2) is 18.9 Å². The highest BCUT2D eigenvalue weighted by Crippen LogP contribution is 2.51. The summed E-state index contributed by atoms with van der Waals surface area (Å²) in [6.45, 7) is 3.06. The molecule has 1 heterocycles. The van der Waals surface area contributed by atoms with Gasteiger partial charge in [0.25, 0.3) is 0 Å². The van der Waals surface area contributed by atoms with E-state index < -0.39 is 0 Å². The second-order valence-electron chi connectivity index (χ2n) is 6.04. The first-order chi connectivity index (χ1) is 8.24. The predicted molar refractivity (Wildman–Crippen MR) is 63.2 cm³/mol. The van der Waals surface area contributed by atoms with Crippen LogP contribution in [0.3, 0.4) is 0 Å². The number of hydrogen-bond acceptors (Lipinski definition) is 3. The van der Waals surface area contributed by atoms with E-state index in [1.54, 1.807) is 0 Å². The van der Waals surface area contributed by atoms with E-state index in [2.05, 4.69) is 6.92 Å². The standard InChI is InChI=1S/C14H22O3/c1-9-6-11-7-10(9)8-12(11)14(15)17-13-4-2-3-5-16-13/h9-13H,2-8H2,1H3. The molecule has 0 aromatic carbocycles. The van der Waals surface area contributed by atoms with E-state index in [0.29, 0.717) is 5.92 Å². The van der Waals surface area contributed by atoms with Crippen LogP contribution in [0.1, 0.15) is 45.4 Å². The molecule has 96 valence electrons. The first-order valence-electron chi connectivity index (χ1n) is 7.06. The highest BCUT2D eigenvalue weighted by atomic mass is 16.7. The summed E-state index contributed by atoms with van der Waals surface area (Å²) in [4.78, 5) is 12.1. The minimum absolute atomic E-state index is 0.0105. The number of fused-ring (bicyclic) bond motifs is 2. The lowest BCUT2D eigenvalue weighted by Crippen LogP contribution is -2.31. The predicted octanol–water partition coefficient (Wildman–Crippen LogP) is 2.74. The van der Waals surface area contributed by atoms with Crippen LogP contribution in [0.5, 0.6) is 0 Å². The van der Waals surface area contributed by atoms with Crippen LogP contribution >= 0.6 is 0 Å². The Balaban J connectivity index is 1.53. The fraction of sp³-hybridized carbons (Fsp3) is 0.929. The molecule has 1 saturated heterocycles. The summed E-state index contributed by atoms with van der Waals surface area (Å²) in [5.74, 6) is 2.35. The van der Waals surface area contributed by atoms with Crippen molar-refractivity contribution >= 4 is 5.97 Å². The first kappa shape index (κ1) is 11.5. The van der Waals surface area contributed by atoms with Gasteiger partial charge in [0.05, 0.1) is 12.5 Å². The van der Waals surface area contributed by atoms with Gasteiger partial charge in [-0.05, 0) is 49.9 Å². The zero-order valence-corrected chi connectivity index (χ0v) is 10.6. The van der Waals surface area contributed by atoms with Crippen molar-refractivity contribution in [3.8, 4) is 0 Å². The minimum Gasteiger partial charge on any atom is -0.436 e. The molecule has 3 rings (SSSR count). The SMILES string of the molecule is CC1CC2CC1CC2C(=O)OC1CCCCO1. The van der Waals surface area contributed by atoms with Gasteiger partial charge in [0, 0.05) is 6.42 Å². The van der Waals surface area contributed by atoms with E-state index in [0.717, 1.165) is 44.1 Å². The van der Waals surface area contributed by atoms with E-state index in [-0.39, 0.29) is 18.2 Å². The van der Waals surface area contributed by atoms with Crippen LogP contribution in [0.4, 0.5) is 0 Å². The second kappa shape index (κ2) is 4.60. The summed E-state index contributed by atoms with van der Waals surface area (Å²) in [5.41, 5.74) is 0. The maximum atomic E-state index is 12.1. The zero-order valence-electron chi connectivity index (χ0n) is 10.6. The van der Waals surface area contributed by atoms with Gasteiger partial charge in [-0.1, -0.05) is 6.92 Å². The molecular weight excluding hydrogens is 216 g/mol. The van der Waals surface area contributed by atoms with Crippen LogP contribution in [0.25, 0.3) is 0 Å². The third-order valence-corrected chi connectivity index (χ3v) is 4.90. The highest BCUT2D eigenvalue weighted by Gasteiger charge is 2.47. The molecule has 0 N–H and O–H groups in total. The Hall–Kier alpha value is -0.570. The van der Waals surface area contributed by atoms with Crippen molar-refractivity contribution in [2.24, 2.45) is 23.7 Å². The van der Waals surface area contributed by atoms with Crippen LogP contribution < -0.4 is 0 Å². The molecule has 3 nitrogen and oxygen atoms in total. The molecule has 0 spiro atoms. The number of hydrogen-bond donors (Lipinski definition) is 0. The van der Waals surface area contributed by atoms with Gasteiger partial charge >= 0.3 is 5.97 Å². The van der Waals surface area contributed by atoms with E-state index in [9.17, 15) is 4.79 Å². The lowest BCUT2D eigenvalue weighted by Gasteiger charge is -2.28. The van der Waals surface area contributed by atoms with Crippen molar-refractivity contribution in [1.82, 2.24) is 0 Å². The Morgan fingerprint density at radius 2 is 2.06 bits per heavy atom. The monoisotopic (exact) mass is 238 g/mol. The normalized spacial score (nSPS) is 44.9. The molecule has 2 saturated carbocycles. The fourth-order valence-electron chi connectivity index (χ4n) is 3.87. The van der Waals surface area contributed by atoms with Crippen molar-refractivity contribution in [1.29, 1.82) is 0 Å². The molecule has 5 atom stereocenters. The van der Waals surface area contributed by atoms with Gasteiger partial charge in [0.15, 0.2) is 0 Å². The summed E-state index contributed by atoms with van der Waals surface area (Å²) in [7, 11) is 0. The lowest BCUT2D eigenvalue weighted by molar-refractivity contribution is -0.192. The topological polar surface area (TPSA) is 35.5 Å². The van der Waals surface area contributed by atoms with Crippen molar-refractivity contribution in [2.75, 3.05) is 6.61 Å². The molecule has 2 bridgehead atoms. The van der Waals surface area contributed by atoms with E-state index >= 15 is 0 Å². The van der Waals surface area contributed by atoms with Crippen LogP contribution in [-0.2, 0) is 14.3 Å². The summed E-state index contributed by atoms with van der Waals surface area (Å²) >= 11 is 0. The number of ether oxygens (including phenoxy) is 2. The first-order valence-corrected chi connectivity index (χ1v) is 7.06. The van der Waals surface area contributed by atoms with Gasteiger partial charge in [-0.3, -0.25) is 4.79 Å². The minimum atomic E-state index is -0.257. The summed E-state index contributed by atoms with van der Waals surface area (Å²) in [6, 6.07) is 0. The van der Waals surface area contributed by atoms with Gasteiger partial charge in [-0.15, -0.1) is 0 Å². The van der Waals surface area contributed by atoms with Crippen LogP contribution in [0, 0.1) is 23.7 Å². The molecule has 1 aliphatic heterocycles. The Labute approximate surface area is 103 Å². The van der Waals surface area contributed by atoms with Gasteiger partial charge in [-0.2, -0.15) is 0 Å².